The molecule has 1 fully saturated rings. The van der Waals surface area contributed by atoms with Crippen molar-refractivity contribution in [3.63, 3.8) is 0 Å². The number of rotatable bonds is 1. The van der Waals surface area contributed by atoms with Crippen LogP contribution in [0.1, 0.15) is 0 Å². The topological polar surface area (TPSA) is 58.4 Å². The third-order valence-electron chi connectivity index (χ3n) is 1.98. The Hall–Kier alpha value is -1.46. The maximum atomic E-state index is 11.6. The van der Waals surface area contributed by atoms with Crippen LogP contribution < -0.4 is 16.0 Å². The van der Waals surface area contributed by atoms with E-state index in [9.17, 15) is 4.79 Å². The summed E-state index contributed by atoms with van der Waals surface area (Å²) in [4.78, 5) is 13.0. The minimum Gasteiger partial charge on any atom is -0.339 e. The van der Waals surface area contributed by atoms with Gasteiger partial charge in [-0.2, -0.15) is 0 Å². The average molecular weight is 207 g/mol. The number of carbonyl (C=O) groups excluding carboxylic acids is 1. The van der Waals surface area contributed by atoms with Crippen molar-refractivity contribution >= 4 is 28.9 Å². The fourth-order valence-corrected chi connectivity index (χ4v) is 1.64. The van der Waals surface area contributed by atoms with Crippen LogP contribution in [0.4, 0.5) is 5.69 Å². The normalized spacial score (nSPS) is 21.2. The van der Waals surface area contributed by atoms with E-state index in [1.165, 1.54) is 4.90 Å². The van der Waals surface area contributed by atoms with Crippen molar-refractivity contribution in [3.05, 3.63) is 30.3 Å². The minimum atomic E-state index is -0.720. The first kappa shape index (κ1) is 9.11. The predicted molar refractivity (Wildman–Crippen MR) is 57.6 cm³/mol. The molecule has 4 nitrogen and oxygen atoms in total. The molecule has 72 valence electrons. The van der Waals surface area contributed by atoms with Crippen LogP contribution in [-0.4, -0.2) is 17.2 Å². The van der Waals surface area contributed by atoms with Crippen molar-refractivity contribution in [3.8, 4) is 0 Å². The average Bonchev–Trinajstić information content (AvgIpc) is 2.43. The van der Waals surface area contributed by atoms with Gasteiger partial charge in [-0.3, -0.25) is 9.69 Å². The van der Waals surface area contributed by atoms with Gasteiger partial charge in [0.15, 0.2) is 11.3 Å². The molecule has 2 rings (SSSR count). The van der Waals surface area contributed by atoms with Crippen LogP contribution in [-0.2, 0) is 4.79 Å². The van der Waals surface area contributed by atoms with Crippen molar-refractivity contribution < 1.29 is 4.79 Å². The summed E-state index contributed by atoms with van der Waals surface area (Å²) in [6.07, 6.45) is -0.720. The van der Waals surface area contributed by atoms with Crippen LogP contribution in [0.15, 0.2) is 30.3 Å². The maximum Gasteiger partial charge on any atom is 0.270 e. The Labute approximate surface area is 86.7 Å². The van der Waals surface area contributed by atoms with E-state index in [-0.39, 0.29) is 5.91 Å². The van der Waals surface area contributed by atoms with E-state index in [1.54, 1.807) is 0 Å². The molecule has 1 aliphatic heterocycles. The lowest BCUT2D eigenvalue weighted by Crippen LogP contribution is -2.38. The number of nitrogens with zero attached hydrogens (tertiary/aromatic N) is 1. The third kappa shape index (κ3) is 1.36. The number of anilines is 1. The molecule has 0 radical (unpaired) electrons. The van der Waals surface area contributed by atoms with Crippen LogP contribution in [0.25, 0.3) is 0 Å². The summed E-state index contributed by atoms with van der Waals surface area (Å²) >= 11 is 4.99. The molecule has 0 saturated carbocycles. The molecule has 1 aromatic rings. The van der Waals surface area contributed by atoms with Crippen molar-refractivity contribution in [1.29, 1.82) is 0 Å². The Kier molecular flexibility index (Phi) is 2.18. The lowest BCUT2D eigenvalue weighted by Gasteiger charge is -2.13. The molecule has 1 aromatic carbocycles. The Bertz CT molecular complexity index is 379. The van der Waals surface area contributed by atoms with Crippen LogP contribution in [0, 0.1) is 0 Å². The van der Waals surface area contributed by atoms with E-state index in [4.69, 9.17) is 18.0 Å². The fraction of sp³-hybridized carbons (Fsp3) is 0.111. The molecule has 1 aliphatic rings. The summed E-state index contributed by atoms with van der Waals surface area (Å²) in [5.41, 5.74) is 6.25. The Balaban J connectivity index is 2.36. The number of hydrogen-bond donors (Lipinski definition) is 2. The Morgan fingerprint density at radius 1 is 1.36 bits per heavy atom. The first-order valence-corrected chi connectivity index (χ1v) is 4.56. The summed E-state index contributed by atoms with van der Waals surface area (Å²) in [6, 6.07) is 9.18. The van der Waals surface area contributed by atoms with Crippen LogP contribution in [0.5, 0.6) is 0 Å². The lowest BCUT2D eigenvalue weighted by atomic mass is 10.3. The summed E-state index contributed by atoms with van der Waals surface area (Å²) in [7, 11) is 0. The standard InChI is InChI=1S/C9H9N3OS/c10-7-8(13)12(9(14)11-7)6-4-2-1-3-5-6/h1-5,7H,10H2,(H,11,14). The molecule has 3 N–H and O–H groups in total. The van der Waals surface area contributed by atoms with Gasteiger partial charge in [0.2, 0.25) is 0 Å². The molecule has 1 unspecified atom stereocenters. The van der Waals surface area contributed by atoms with E-state index >= 15 is 0 Å². The zero-order chi connectivity index (χ0) is 10.1. The molecular weight excluding hydrogens is 198 g/mol. The van der Waals surface area contributed by atoms with Crippen LogP contribution >= 0.6 is 12.2 Å². The van der Waals surface area contributed by atoms with Crippen molar-refractivity contribution in [2.24, 2.45) is 5.73 Å². The third-order valence-corrected chi connectivity index (χ3v) is 2.28. The largest absolute Gasteiger partial charge is 0.339 e. The van der Waals surface area contributed by atoms with Gasteiger partial charge in [-0.15, -0.1) is 0 Å². The smallest absolute Gasteiger partial charge is 0.270 e. The van der Waals surface area contributed by atoms with Gasteiger partial charge in [0.1, 0.15) is 0 Å². The summed E-state index contributed by atoms with van der Waals surface area (Å²) in [5, 5.41) is 3.06. The number of thiocarbonyl (C=S) groups is 1. The lowest BCUT2D eigenvalue weighted by molar-refractivity contribution is -0.118. The molecule has 0 spiro atoms. The molecule has 5 heteroatoms. The zero-order valence-electron chi connectivity index (χ0n) is 7.31. The second-order valence-electron chi connectivity index (χ2n) is 2.94. The van der Waals surface area contributed by atoms with Gasteiger partial charge in [-0.05, 0) is 24.4 Å². The van der Waals surface area contributed by atoms with Gasteiger partial charge in [-0.25, -0.2) is 0 Å². The number of nitrogens with two attached hydrogens (primary N) is 1. The summed E-state index contributed by atoms with van der Waals surface area (Å²) in [5.74, 6) is -0.221. The number of benzene rings is 1. The van der Waals surface area contributed by atoms with Gasteiger partial charge >= 0.3 is 0 Å². The fourth-order valence-electron chi connectivity index (χ4n) is 1.32. The Morgan fingerprint density at radius 3 is 2.50 bits per heavy atom. The second kappa shape index (κ2) is 3.36. The van der Waals surface area contributed by atoms with Crippen LogP contribution in [0.2, 0.25) is 0 Å². The SMILES string of the molecule is NC1NC(=S)N(c2ccccc2)C1=O. The maximum absolute atomic E-state index is 11.6. The number of carbonyl (C=O) groups is 1. The molecule has 0 aliphatic carbocycles. The minimum absolute atomic E-state index is 0.221. The highest BCUT2D eigenvalue weighted by atomic mass is 32.1. The molecule has 0 bridgehead atoms. The molecular formula is C9H9N3OS. The highest BCUT2D eigenvalue weighted by Gasteiger charge is 2.33. The highest BCUT2D eigenvalue weighted by Crippen LogP contribution is 2.17. The van der Waals surface area contributed by atoms with E-state index in [0.717, 1.165) is 5.69 Å². The second-order valence-corrected chi connectivity index (χ2v) is 3.32. The summed E-state index contributed by atoms with van der Waals surface area (Å²) in [6.45, 7) is 0. The molecule has 1 heterocycles. The number of nitrogens with one attached hydrogen (secondary N) is 1. The number of amides is 1. The van der Waals surface area contributed by atoms with E-state index in [1.807, 2.05) is 30.3 Å². The van der Waals surface area contributed by atoms with Crippen molar-refractivity contribution in [2.75, 3.05) is 4.90 Å². The van der Waals surface area contributed by atoms with Crippen molar-refractivity contribution in [2.45, 2.75) is 6.17 Å². The van der Waals surface area contributed by atoms with Gasteiger partial charge in [0, 0.05) is 0 Å². The summed E-state index contributed by atoms with van der Waals surface area (Å²) < 4.78 is 0. The predicted octanol–water partition coefficient (Wildman–Crippen LogP) is 0.192. The molecule has 0 aromatic heterocycles. The molecule has 1 atom stereocenters. The van der Waals surface area contributed by atoms with E-state index in [2.05, 4.69) is 5.32 Å². The van der Waals surface area contributed by atoms with Gasteiger partial charge < -0.3 is 11.1 Å². The van der Waals surface area contributed by atoms with Crippen molar-refractivity contribution in [1.82, 2.24) is 5.32 Å². The van der Waals surface area contributed by atoms with E-state index < -0.39 is 6.17 Å². The highest BCUT2D eigenvalue weighted by molar-refractivity contribution is 7.80. The monoisotopic (exact) mass is 207 g/mol. The van der Waals surface area contributed by atoms with Gasteiger partial charge in [0.25, 0.3) is 5.91 Å². The van der Waals surface area contributed by atoms with Crippen LogP contribution in [0.3, 0.4) is 0 Å². The molecule has 1 saturated heterocycles. The molecule has 1 amide bonds. The number of para-hydroxylation sites is 1. The quantitative estimate of drug-likeness (QED) is 0.646. The van der Waals surface area contributed by atoms with Gasteiger partial charge in [-0.1, -0.05) is 18.2 Å². The van der Waals surface area contributed by atoms with E-state index in [0.29, 0.717) is 5.11 Å². The first-order valence-electron chi connectivity index (χ1n) is 4.15. The molecule has 14 heavy (non-hydrogen) atoms. The Morgan fingerprint density at radius 2 is 2.00 bits per heavy atom. The van der Waals surface area contributed by atoms with Gasteiger partial charge in [0.05, 0.1) is 5.69 Å². The number of hydrogen-bond acceptors (Lipinski definition) is 3. The first-order chi connectivity index (χ1) is 6.70. The zero-order valence-corrected chi connectivity index (χ0v) is 8.12.